The molecule has 0 aliphatic carbocycles. The van der Waals surface area contributed by atoms with Crippen LogP contribution in [0.3, 0.4) is 0 Å². The summed E-state index contributed by atoms with van der Waals surface area (Å²) in [6.07, 6.45) is 4.12. The minimum atomic E-state index is -3.41. The molecule has 0 spiro atoms. The van der Waals surface area contributed by atoms with Gasteiger partial charge in [0.05, 0.1) is 6.26 Å². The number of nitrogens with one attached hydrogen (secondary N) is 2. The van der Waals surface area contributed by atoms with Gasteiger partial charge >= 0.3 is 6.09 Å². The molecule has 0 unspecified atom stereocenters. The van der Waals surface area contributed by atoms with Crippen LogP contribution in [-0.4, -0.2) is 55.1 Å². The Morgan fingerprint density at radius 1 is 1.13 bits per heavy atom. The van der Waals surface area contributed by atoms with Crippen molar-refractivity contribution in [3.63, 3.8) is 0 Å². The van der Waals surface area contributed by atoms with E-state index in [4.69, 9.17) is 4.74 Å². The van der Waals surface area contributed by atoms with Crippen LogP contribution in [0.1, 0.15) is 24.5 Å². The average Bonchev–Trinajstić information content (AvgIpc) is 2.75. The quantitative estimate of drug-likeness (QED) is 0.505. The van der Waals surface area contributed by atoms with Crippen LogP contribution < -0.4 is 10.6 Å². The second-order valence-electron chi connectivity index (χ2n) is 7.03. The molecule has 1 aromatic heterocycles. The highest BCUT2D eigenvalue weighted by atomic mass is 32.2. The number of nitrogens with zero attached hydrogens (tertiary/aromatic N) is 2. The molecule has 0 aliphatic rings. The van der Waals surface area contributed by atoms with Gasteiger partial charge in [0, 0.05) is 32.0 Å². The predicted molar refractivity (Wildman–Crippen MR) is 116 cm³/mol. The lowest BCUT2D eigenvalue weighted by atomic mass is 10.2. The molecule has 0 saturated heterocycles. The summed E-state index contributed by atoms with van der Waals surface area (Å²) in [5.74, 6) is -0.380. The third-order valence-electron chi connectivity index (χ3n) is 4.37. The third kappa shape index (κ3) is 9.14. The first-order valence-electron chi connectivity index (χ1n) is 9.84. The number of hydrogen-bond acceptors (Lipinski definition) is 6. The number of carbonyl (C=O) groups excluding carboxylic acids is 2. The minimum absolute atomic E-state index is 0.110. The summed E-state index contributed by atoms with van der Waals surface area (Å²) in [7, 11) is -3.41. The fourth-order valence-electron chi connectivity index (χ4n) is 2.68. The highest BCUT2D eigenvalue weighted by molar-refractivity contribution is 7.88. The van der Waals surface area contributed by atoms with Gasteiger partial charge in [0.1, 0.15) is 12.6 Å². The molecule has 0 radical (unpaired) electrons. The molecule has 0 bridgehead atoms. The Bertz CT molecular complexity index is 939. The topological polar surface area (TPSA) is 118 Å². The largest absolute Gasteiger partial charge is 0.445 e. The summed E-state index contributed by atoms with van der Waals surface area (Å²) in [4.78, 5) is 28.0. The van der Waals surface area contributed by atoms with Crippen molar-refractivity contribution in [1.29, 1.82) is 0 Å². The summed E-state index contributed by atoms with van der Waals surface area (Å²) in [5, 5.41) is 5.16. The van der Waals surface area contributed by atoms with Crippen LogP contribution >= 0.6 is 0 Å². The fraction of sp³-hybridized carbons (Fsp3) is 0.381. The van der Waals surface area contributed by atoms with E-state index in [1.807, 2.05) is 30.3 Å². The predicted octanol–water partition coefficient (Wildman–Crippen LogP) is 1.66. The Balaban J connectivity index is 1.71. The standard InChI is InChI=1S/C21H28N4O5S/c1-17(24-21(27)30-16-18-8-4-3-5-9-18)20(26)23-12-7-13-25(31(2,28)29)15-19-10-6-11-22-14-19/h3-6,8-11,14,17H,7,12-13,15-16H2,1-2H3,(H,23,26)(H,24,27)/t17-/m0/s1. The smallest absolute Gasteiger partial charge is 0.408 e. The van der Waals surface area contributed by atoms with E-state index in [1.54, 1.807) is 31.5 Å². The first-order chi connectivity index (χ1) is 14.8. The third-order valence-corrected chi connectivity index (χ3v) is 5.62. The molecule has 2 aromatic rings. The highest BCUT2D eigenvalue weighted by Gasteiger charge is 2.18. The number of pyridine rings is 1. The van der Waals surface area contributed by atoms with Crippen LogP contribution in [0.2, 0.25) is 0 Å². The molecule has 1 atom stereocenters. The van der Waals surface area contributed by atoms with Gasteiger partial charge in [-0.2, -0.15) is 4.31 Å². The maximum atomic E-state index is 12.2. The van der Waals surface area contributed by atoms with E-state index in [2.05, 4.69) is 15.6 Å². The summed E-state index contributed by atoms with van der Waals surface area (Å²) < 4.78 is 30.5. The molecule has 0 saturated carbocycles. The number of alkyl carbamates (subject to hydrolysis) is 1. The van der Waals surface area contributed by atoms with Crippen molar-refractivity contribution in [2.45, 2.75) is 32.5 Å². The number of sulfonamides is 1. The Morgan fingerprint density at radius 3 is 2.48 bits per heavy atom. The van der Waals surface area contributed by atoms with Crippen LogP contribution in [0.15, 0.2) is 54.9 Å². The van der Waals surface area contributed by atoms with Gasteiger partial charge < -0.3 is 15.4 Å². The number of carbonyl (C=O) groups is 2. The van der Waals surface area contributed by atoms with Gasteiger partial charge in [-0.1, -0.05) is 36.4 Å². The monoisotopic (exact) mass is 448 g/mol. The van der Waals surface area contributed by atoms with Gasteiger partial charge in [0.25, 0.3) is 0 Å². The van der Waals surface area contributed by atoms with E-state index in [-0.39, 0.29) is 32.1 Å². The van der Waals surface area contributed by atoms with Crippen molar-refractivity contribution in [3.05, 3.63) is 66.0 Å². The van der Waals surface area contributed by atoms with E-state index < -0.39 is 22.2 Å². The number of hydrogen-bond donors (Lipinski definition) is 2. The maximum Gasteiger partial charge on any atom is 0.408 e. The second-order valence-corrected chi connectivity index (χ2v) is 9.01. The number of aromatic nitrogens is 1. The Hall–Kier alpha value is -2.98. The van der Waals surface area contributed by atoms with E-state index >= 15 is 0 Å². The molecule has 168 valence electrons. The molecular weight excluding hydrogens is 420 g/mol. The summed E-state index contributed by atoms with van der Waals surface area (Å²) in [6, 6.07) is 12.0. The van der Waals surface area contributed by atoms with E-state index in [0.29, 0.717) is 6.42 Å². The van der Waals surface area contributed by atoms with Crippen LogP contribution in [0.25, 0.3) is 0 Å². The Morgan fingerprint density at radius 2 is 1.84 bits per heavy atom. The summed E-state index contributed by atoms with van der Waals surface area (Å²) in [5.41, 5.74) is 1.63. The van der Waals surface area contributed by atoms with Crippen molar-refractivity contribution in [1.82, 2.24) is 19.9 Å². The molecule has 0 fully saturated rings. The molecule has 1 heterocycles. The SMILES string of the molecule is C[C@H](NC(=O)OCc1ccccc1)C(=O)NCCCN(Cc1cccnc1)S(C)(=O)=O. The minimum Gasteiger partial charge on any atom is -0.445 e. The van der Waals surface area contributed by atoms with Gasteiger partial charge in [0.2, 0.25) is 15.9 Å². The highest BCUT2D eigenvalue weighted by Crippen LogP contribution is 2.08. The zero-order valence-corrected chi connectivity index (χ0v) is 18.5. The van der Waals surface area contributed by atoms with Gasteiger partial charge in [-0.15, -0.1) is 0 Å². The van der Waals surface area contributed by atoms with Crippen molar-refractivity contribution >= 4 is 22.0 Å². The average molecular weight is 449 g/mol. The van der Waals surface area contributed by atoms with Crippen molar-refractivity contribution < 1.29 is 22.7 Å². The van der Waals surface area contributed by atoms with Crippen molar-refractivity contribution in [2.24, 2.45) is 0 Å². The van der Waals surface area contributed by atoms with Crippen molar-refractivity contribution in [3.8, 4) is 0 Å². The van der Waals surface area contributed by atoms with Gasteiger partial charge in [-0.3, -0.25) is 9.78 Å². The van der Waals surface area contributed by atoms with E-state index in [0.717, 1.165) is 17.4 Å². The van der Waals surface area contributed by atoms with E-state index in [9.17, 15) is 18.0 Å². The molecular formula is C21H28N4O5S. The maximum absolute atomic E-state index is 12.2. The fourth-order valence-corrected chi connectivity index (χ4v) is 3.53. The molecule has 1 aromatic carbocycles. The Labute approximate surface area is 182 Å². The molecule has 2 amide bonds. The van der Waals surface area contributed by atoms with Crippen LogP contribution in [-0.2, 0) is 32.7 Å². The second kappa shape index (κ2) is 12.0. The number of amides is 2. The zero-order valence-electron chi connectivity index (χ0n) is 17.7. The molecule has 10 heteroatoms. The summed E-state index contributed by atoms with van der Waals surface area (Å²) in [6.45, 7) is 2.38. The van der Waals surface area contributed by atoms with Crippen LogP contribution in [0, 0.1) is 0 Å². The summed E-state index contributed by atoms with van der Waals surface area (Å²) >= 11 is 0. The van der Waals surface area contributed by atoms with Gasteiger partial charge in [0.15, 0.2) is 0 Å². The number of ether oxygens (including phenoxy) is 1. The molecule has 9 nitrogen and oxygen atoms in total. The van der Waals surface area contributed by atoms with Gasteiger partial charge in [-0.25, -0.2) is 13.2 Å². The lowest BCUT2D eigenvalue weighted by Gasteiger charge is -2.20. The van der Waals surface area contributed by atoms with Crippen LogP contribution in [0.4, 0.5) is 4.79 Å². The molecule has 31 heavy (non-hydrogen) atoms. The molecule has 2 rings (SSSR count). The first-order valence-corrected chi connectivity index (χ1v) is 11.7. The van der Waals surface area contributed by atoms with Gasteiger partial charge in [-0.05, 0) is 30.5 Å². The van der Waals surface area contributed by atoms with Crippen LogP contribution in [0.5, 0.6) is 0 Å². The zero-order chi connectivity index (χ0) is 22.7. The molecule has 0 aliphatic heterocycles. The molecule has 2 N–H and O–H groups in total. The normalized spacial score (nSPS) is 12.2. The number of benzene rings is 1. The Kier molecular flexibility index (Phi) is 9.41. The first kappa shape index (κ1) is 24.3. The van der Waals surface area contributed by atoms with Crippen molar-refractivity contribution in [2.75, 3.05) is 19.3 Å². The van der Waals surface area contributed by atoms with E-state index in [1.165, 1.54) is 4.31 Å². The lowest BCUT2D eigenvalue weighted by molar-refractivity contribution is -0.122. The lowest BCUT2D eigenvalue weighted by Crippen LogP contribution is -2.45. The number of rotatable bonds is 11.